The predicted molar refractivity (Wildman–Crippen MR) is 67.7 cm³/mol. The van der Waals surface area contributed by atoms with Gasteiger partial charge in [-0.25, -0.2) is 4.98 Å². The number of ether oxygens (including phenoxy) is 1. The third kappa shape index (κ3) is 3.30. The molecule has 0 aliphatic heterocycles. The van der Waals surface area contributed by atoms with Gasteiger partial charge in [-0.1, -0.05) is 17.7 Å². The standard InChI is InChI=1S/C12H9ClF3N3O/c1-6-2-3-8(7(13)4-6)20-10-5-9(17)18-11(19-10)12(14,15)16/h2-5H,1H3,(H2,17,18,19). The summed E-state index contributed by atoms with van der Waals surface area (Å²) in [5.74, 6) is -1.85. The minimum absolute atomic E-state index is 0.184. The van der Waals surface area contributed by atoms with E-state index in [9.17, 15) is 13.2 Å². The molecule has 20 heavy (non-hydrogen) atoms. The Morgan fingerprint density at radius 2 is 1.90 bits per heavy atom. The number of halogens is 4. The van der Waals surface area contributed by atoms with Crippen LogP contribution in [0.1, 0.15) is 11.4 Å². The van der Waals surface area contributed by atoms with Gasteiger partial charge in [-0.2, -0.15) is 18.2 Å². The molecular weight excluding hydrogens is 295 g/mol. The number of hydrogen-bond donors (Lipinski definition) is 1. The first-order valence-corrected chi connectivity index (χ1v) is 5.79. The molecule has 106 valence electrons. The van der Waals surface area contributed by atoms with E-state index in [1.54, 1.807) is 12.1 Å². The zero-order chi connectivity index (χ0) is 14.9. The molecule has 2 aromatic rings. The normalized spacial score (nSPS) is 11.4. The van der Waals surface area contributed by atoms with Gasteiger partial charge in [-0.05, 0) is 24.6 Å². The van der Waals surface area contributed by atoms with E-state index in [4.69, 9.17) is 22.1 Å². The van der Waals surface area contributed by atoms with Crippen LogP contribution in [-0.2, 0) is 6.18 Å². The molecule has 0 aliphatic rings. The third-order valence-corrected chi connectivity index (χ3v) is 2.57. The molecule has 1 aromatic carbocycles. The minimum Gasteiger partial charge on any atom is -0.437 e. The number of anilines is 1. The molecule has 0 atom stereocenters. The van der Waals surface area contributed by atoms with E-state index in [0.717, 1.165) is 11.6 Å². The number of aromatic nitrogens is 2. The van der Waals surface area contributed by atoms with Gasteiger partial charge in [0.1, 0.15) is 11.6 Å². The fourth-order valence-electron chi connectivity index (χ4n) is 1.42. The summed E-state index contributed by atoms with van der Waals surface area (Å²) in [7, 11) is 0. The van der Waals surface area contributed by atoms with Crippen LogP contribution in [0.15, 0.2) is 24.3 Å². The van der Waals surface area contributed by atoms with Crippen LogP contribution in [0.3, 0.4) is 0 Å². The maximum Gasteiger partial charge on any atom is 0.451 e. The number of nitrogen functional groups attached to an aromatic ring is 1. The molecule has 0 aliphatic carbocycles. The van der Waals surface area contributed by atoms with Crippen LogP contribution in [0.25, 0.3) is 0 Å². The second-order valence-corrected chi connectivity index (χ2v) is 4.40. The van der Waals surface area contributed by atoms with E-state index >= 15 is 0 Å². The van der Waals surface area contributed by atoms with Crippen LogP contribution in [0.5, 0.6) is 11.6 Å². The highest BCUT2D eigenvalue weighted by Crippen LogP contribution is 2.32. The summed E-state index contributed by atoms with van der Waals surface area (Å²) in [4.78, 5) is 6.38. The second-order valence-electron chi connectivity index (χ2n) is 3.99. The van der Waals surface area contributed by atoms with Crippen molar-refractivity contribution in [2.24, 2.45) is 0 Å². The summed E-state index contributed by atoms with van der Waals surface area (Å²) in [5.41, 5.74) is 6.20. The monoisotopic (exact) mass is 303 g/mol. The molecule has 0 fully saturated rings. The average Bonchev–Trinajstić information content (AvgIpc) is 2.31. The van der Waals surface area contributed by atoms with Crippen molar-refractivity contribution in [3.63, 3.8) is 0 Å². The lowest BCUT2D eigenvalue weighted by Gasteiger charge is -2.10. The van der Waals surface area contributed by atoms with Crippen molar-refractivity contribution in [3.8, 4) is 11.6 Å². The van der Waals surface area contributed by atoms with E-state index in [2.05, 4.69) is 9.97 Å². The third-order valence-electron chi connectivity index (χ3n) is 2.28. The number of alkyl halides is 3. The van der Waals surface area contributed by atoms with E-state index in [1.807, 2.05) is 6.92 Å². The Kier molecular flexibility index (Phi) is 3.71. The molecule has 0 spiro atoms. The number of benzene rings is 1. The van der Waals surface area contributed by atoms with Crippen LogP contribution in [0.4, 0.5) is 19.0 Å². The highest BCUT2D eigenvalue weighted by molar-refractivity contribution is 6.32. The molecule has 0 bridgehead atoms. The highest BCUT2D eigenvalue weighted by Gasteiger charge is 2.35. The molecule has 1 aromatic heterocycles. The van der Waals surface area contributed by atoms with Gasteiger partial charge in [0.15, 0.2) is 0 Å². The van der Waals surface area contributed by atoms with Crippen molar-refractivity contribution < 1.29 is 17.9 Å². The highest BCUT2D eigenvalue weighted by atomic mass is 35.5. The van der Waals surface area contributed by atoms with Crippen LogP contribution >= 0.6 is 11.6 Å². The second kappa shape index (κ2) is 5.16. The number of aryl methyl sites for hydroxylation is 1. The van der Waals surface area contributed by atoms with Crippen molar-refractivity contribution in [1.82, 2.24) is 9.97 Å². The van der Waals surface area contributed by atoms with E-state index in [1.165, 1.54) is 6.07 Å². The molecule has 0 amide bonds. The Labute approximate surface area is 117 Å². The van der Waals surface area contributed by atoms with Gasteiger partial charge in [-0.3, -0.25) is 0 Å². The van der Waals surface area contributed by atoms with Crippen molar-refractivity contribution in [2.45, 2.75) is 13.1 Å². The van der Waals surface area contributed by atoms with Crippen molar-refractivity contribution in [3.05, 3.63) is 40.7 Å². The summed E-state index contributed by atoms with van der Waals surface area (Å²) in [6.45, 7) is 1.82. The van der Waals surface area contributed by atoms with Gasteiger partial charge < -0.3 is 10.5 Å². The largest absolute Gasteiger partial charge is 0.451 e. The fourth-order valence-corrected chi connectivity index (χ4v) is 1.70. The Hall–Kier alpha value is -2.02. The Morgan fingerprint density at radius 1 is 1.20 bits per heavy atom. The van der Waals surface area contributed by atoms with Gasteiger partial charge in [0, 0.05) is 6.07 Å². The SMILES string of the molecule is Cc1ccc(Oc2cc(N)nc(C(F)(F)F)n2)c(Cl)c1. The predicted octanol–water partition coefficient (Wildman–Crippen LogP) is 3.83. The average molecular weight is 304 g/mol. The lowest BCUT2D eigenvalue weighted by atomic mass is 10.2. The van der Waals surface area contributed by atoms with Crippen LogP contribution in [-0.4, -0.2) is 9.97 Å². The molecule has 1 heterocycles. The van der Waals surface area contributed by atoms with Gasteiger partial charge in [0.25, 0.3) is 0 Å². The summed E-state index contributed by atoms with van der Waals surface area (Å²) < 4.78 is 42.9. The zero-order valence-electron chi connectivity index (χ0n) is 10.2. The first-order chi connectivity index (χ1) is 9.25. The molecule has 2 N–H and O–H groups in total. The lowest BCUT2D eigenvalue weighted by molar-refractivity contribution is -0.145. The van der Waals surface area contributed by atoms with Crippen LogP contribution < -0.4 is 10.5 Å². The fraction of sp³-hybridized carbons (Fsp3) is 0.167. The van der Waals surface area contributed by atoms with Gasteiger partial charge in [0.05, 0.1) is 5.02 Å². The van der Waals surface area contributed by atoms with Crippen LogP contribution in [0, 0.1) is 6.92 Å². The Bertz CT molecular complexity index is 646. The molecule has 0 saturated carbocycles. The smallest absolute Gasteiger partial charge is 0.437 e. The van der Waals surface area contributed by atoms with E-state index < -0.39 is 12.0 Å². The zero-order valence-corrected chi connectivity index (χ0v) is 11.0. The summed E-state index contributed by atoms with van der Waals surface area (Å²) >= 11 is 5.93. The molecule has 8 heteroatoms. The van der Waals surface area contributed by atoms with Crippen molar-refractivity contribution in [1.29, 1.82) is 0 Å². The van der Waals surface area contributed by atoms with Gasteiger partial charge in [0.2, 0.25) is 11.7 Å². The number of nitrogens with zero attached hydrogens (tertiary/aromatic N) is 2. The maximum absolute atomic E-state index is 12.6. The summed E-state index contributed by atoms with van der Waals surface area (Å²) in [5, 5.41) is 0.260. The van der Waals surface area contributed by atoms with E-state index in [-0.39, 0.29) is 22.5 Å². The Balaban J connectivity index is 2.36. The first kappa shape index (κ1) is 14.4. The minimum atomic E-state index is -4.70. The molecule has 2 rings (SSSR count). The number of nitrogens with two attached hydrogens (primary N) is 1. The molecular formula is C12H9ClF3N3O. The van der Waals surface area contributed by atoms with Crippen molar-refractivity contribution in [2.75, 3.05) is 5.73 Å². The van der Waals surface area contributed by atoms with E-state index in [0.29, 0.717) is 0 Å². The number of hydrogen-bond acceptors (Lipinski definition) is 4. The summed E-state index contributed by atoms with van der Waals surface area (Å²) in [6, 6.07) is 5.94. The lowest BCUT2D eigenvalue weighted by Crippen LogP contribution is -2.12. The molecule has 0 unspecified atom stereocenters. The van der Waals surface area contributed by atoms with Crippen molar-refractivity contribution >= 4 is 17.4 Å². The maximum atomic E-state index is 12.6. The molecule has 0 radical (unpaired) electrons. The molecule has 4 nitrogen and oxygen atoms in total. The number of rotatable bonds is 2. The van der Waals surface area contributed by atoms with Gasteiger partial charge >= 0.3 is 6.18 Å². The Morgan fingerprint density at radius 3 is 2.50 bits per heavy atom. The van der Waals surface area contributed by atoms with Crippen LogP contribution in [0.2, 0.25) is 5.02 Å². The summed E-state index contributed by atoms with van der Waals surface area (Å²) in [6.07, 6.45) is -4.70. The first-order valence-electron chi connectivity index (χ1n) is 5.41. The topological polar surface area (TPSA) is 61.0 Å². The molecule has 0 saturated heterocycles. The van der Waals surface area contributed by atoms with Gasteiger partial charge in [-0.15, -0.1) is 0 Å². The quantitative estimate of drug-likeness (QED) is 0.916.